The molecule has 4 nitrogen and oxygen atoms in total. The van der Waals surface area contributed by atoms with Gasteiger partial charge in [-0.25, -0.2) is 0 Å². The van der Waals surface area contributed by atoms with Gasteiger partial charge in [0, 0.05) is 13.0 Å². The van der Waals surface area contributed by atoms with Crippen LogP contribution in [0.25, 0.3) is 0 Å². The molecule has 4 heteroatoms. The molecule has 1 aromatic heterocycles. The molecule has 108 valence electrons. The second-order valence-electron chi connectivity index (χ2n) is 4.92. The number of aryl methyl sites for hydroxylation is 2. The van der Waals surface area contributed by atoms with E-state index in [2.05, 4.69) is 5.32 Å². The highest BCUT2D eigenvalue weighted by Gasteiger charge is 2.18. The van der Waals surface area contributed by atoms with E-state index in [1.54, 1.807) is 6.07 Å². The van der Waals surface area contributed by atoms with E-state index in [0.29, 0.717) is 5.76 Å². The molecule has 0 spiro atoms. The van der Waals surface area contributed by atoms with Crippen molar-refractivity contribution in [3.63, 3.8) is 0 Å². The molecule has 1 rings (SSSR count). The van der Waals surface area contributed by atoms with Crippen molar-refractivity contribution < 1.29 is 14.3 Å². The third-order valence-corrected chi connectivity index (χ3v) is 3.63. The maximum atomic E-state index is 11.9. The van der Waals surface area contributed by atoms with Crippen molar-refractivity contribution in [2.45, 2.75) is 53.1 Å². The highest BCUT2D eigenvalue weighted by molar-refractivity contribution is 5.91. The number of aliphatic hydroxyl groups excluding tert-OH is 1. The van der Waals surface area contributed by atoms with Gasteiger partial charge in [0.2, 0.25) is 0 Å². The van der Waals surface area contributed by atoms with E-state index in [0.717, 1.165) is 30.6 Å². The van der Waals surface area contributed by atoms with Gasteiger partial charge in [-0.3, -0.25) is 4.79 Å². The van der Waals surface area contributed by atoms with E-state index in [1.165, 1.54) is 0 Å². The molecule has 1 atom stereocenters. The summed E-state index contributed by atoms with van der Waals surface area (Å²) in [6.45, 7) is 8.28. The number of nitrogens with one attached hydrogen (secondary N) is 1. The molecule has 0 aromatic carbocycles. The fourth-order valence-corrected chi connectivity index (χ4v) is 2.27. The van der Waals surface area contributed by atoms with Gasteiger partial charge in [0.1, 0.15) is 5.76 Å². The van der Waals surface area contributed by atoms with Gasteiger partial charge >= 0.3 is 0 Å². The Labute approximate surface area is 115 Å². The molecule has 1 heterocycles. The smallest absolute Gasteiger partial charge is 0.287 e. The van der Waals surface area contributed by atoms with E-state index < -0.39 is 6.10 Å². The summed E-state index contributed by atoms with van der Waals surface area (Å²) in [5.74, 6) is 1.13. The molecule has 0 fully saturated rings. The molecule has 0 saturated heterocycles. The number of hydrogen-bond acceptors (Lipinski definition) is 3. The van der Waals surface area contributed by atoms with Crippen LogP contribution in [0.1, 0.15) is 55.5 Å². The largest absolute Gasteiger partial charge is 0.456 e. The number of hydrogen-bond donors (Lipinski definition) is 2. The third kappa shape index (κ3) is 4.10. The van der Waals surface area contributed by atoms with Crippen molar-refractivity contribution in [2.75, 3.05) is 6.54 Å². The van der Waals surface area contributed by atoms with Gasteiger partial charge in [0.05, 0.1) is 6.10 Å². The molecule has 1 amide bonds. The predicted octanol–water partition coefficient (Wildman–Crippen LogP) is 2.68. The van der Waals surface area contributed by atoms with E-state index in [1.807, 2.05) is 27.7 Å². The van der Waals surface area contributed by atoms with Crippen LogP contribution in [0.5, 0.6) is 0 Å². The Morgan fingerprint density at radius 2 is 2.00 bits per heavy atom. The minimum absolute atomic E-state index is 0.227. The summed E-state index contributed by atoms with van der Waals surface area (Å²) >= 11 is 0. The van der Waals surface area contributed by atoms with Crippen molar-refractivity contribution in [1.82, 2.24) is 5.32 Å². The van der Waals surface area contributed by atoms with Crippen LogP contribution >= 0.6 is 0 Å². The lowest BCUT2D eigenvalue weighted by molar-refractivity contribution is 0.0795. The van der Waals surface area contributed by atoms with Crippen LogP contribution in [0.15, 0.2) is 10.5 Å². The maximum absolute atomic E-state index is 11.9. The Hall–Kier alpha value is -1.29. The normalized spacial score (nSPS) is 12.7. The van der Waals surface area contributed by atoms with Gasteiger partial charge < -0.3 is 14.8 Å². The zero-order valence-electron chi connectivity index (χ0n) is 12.3. The Bertz CT molecular complexity index is 408. The number of furan rings is 1. The lowest BCUT2D eigenvalue weighted by Gasteiger charge is -2.19. The highest BCUT2D eigenvalue weighted by Crippen LogP contribution is 2.16. The van der Waals surface area contributed by atoms with Crippen LogP contribution < -0.4 is 5.32 Å². The average molecular weight is 267 g/mol. The molecule has 0 aliphatic rings. The summed E-state index contributed by atoms with van der Waals surface area (Å²) < 4.78 is 5.48. The van der Waals surface area contributed by atoms with Crippen LogP contribution in [-0.4, -0.2) is 23.7 Å². The molecule has 1 aromatic rings. The first-order valence-electron chi connectivity index (χ1n) is 7.08. The monoisotopic (exact) mass is 267 g/mol. The second kappa shape index (κ2) is 7.34. The summed E-state index contributed by atoms with van der Waals surface area (Å²) in [5.41, 5.74) is 0.994. The van der Waals surface area contributed by atoms with Crippen molar-refractivity contribution in [3.8, 4) is 0 Å². The lowest BCUT2D eigenvalue weighted by atomic mass is 9.96. The van der Waals surface area contributed by atoms with E-state index in [4.69, 9.17) is 4.42 Å². The molecule has 0 saturated carbocycles. The van der Waals surface area contributed by atoms with Gasteiger partial charge in [-0.15, -0.1) is 0 Å². The molecule has 2 N–H and O–H groups in total. The fourth-order valence-electron chi connectivity index (χ4n) is 2.27. The summed E-state index contributed by atoms with van der Waals surface area (Å²) in [4.78, 5) is 11.9. The van der Waals surface area contributed by atoms with E-state index in [-0.39, 0.29) is 18.4 Å². The number of carbonyl (C=O) groups is 1. The molecule has 19 heavy (non-hydrogen) atoms. The Balaban J connectivity index is 2.55. The molecule has 0 aliphatic carbocycles. The van der Waals surface area contributed by atoms with Gasteiger partial charge in [-0.1, -0.05) is 33.6 Å². The average Bonchev–Trinajstić information content (AvgIpc) is 2.78. The molecular weight excluding hydrogens is 242 g/mol. The second-order valence-corrected chi connectivity index (χ2v) is 4.92. The summed E-state index contributed by atoms with van der Waals surface area (Å²) in [6, 6.07) is 1.75. The topological polar surface area (TPSA) is 62.5 Å². The van der Waals surface area contributed by atoms with Crippen LogP contribution in [0.2, 0.25) is 0 Å². The van der Waals surface area contributed by atoms with Gasteiger partial charge in [-0.05, 0) is 24.5 Å². The zero-order chi connectivity index (χ0) is 14.4. The Kier molecular flexibility index (Phi) is 6.09. The predicted molar refractivity (Wildman–Crippen MR) is 75.2 cm³/mol. The Morgan fingerprint density at radius 3 is 2.47 bits per heavy atom. The minimum atomic E-state index is -0.499. The molecule has 0 bridgehead atoms. The Morgan fingerprint density at radius 1 is 1.37 bits per heavy atom. The first kappa shape index (κ1) is 15.8. The van der Waals surface area contributed by atoms with Crippen molar-refractivity contribution >= 4 is 5.91 Å². The summed E-state index contributed by atoms with van der Waals surface area (Å²) in [5, 5.41) is 12.7. The van der Waals surface area contributed by atoms with Crippen molar-refractivity contribution in [2.24, 2.45) is 5.92 Å². The third-order valence-electron chi connectivity index (χ3n) is 3.63. The number of aliphatic hydroxyl groups is 1. The SMILES string of the molecule is CCc1oc(C(=O)NCC(O)C(CC)CC)cc1C. The van der Waals surface area contributed by atoms with E-state index >= 15 is 0 Å². The molecule has 0 radical (unpaired) electrons. The quantitative estimate of drug-likeness (QED) is 0.798. The summed E-state index contributed by atoms with van der Waals surface area (Å²) in [6.07, 6.45) is 2.09. The van der Waals surface area contributed by atoms with Crippen molar-refractivity contribution in [3.05, 3.63) is 23.2 Å². The van der Waals surface area contributed by atoms with E-state index in [9.17, 15) is 9.90 Å². The zero-order valence-corrected chi connectivity index (χ0v) is 12.3. The molecular formula is C15H25NO3. The fraction of sp³-hybridized carbons (Fsp3) is 0.667. The van der Waals surface area contributed by atoms with Gasteiger partial charge in [0.25, 0.3) is 5.91 Å². The van der Waals surface area contributed by atoms with Crippen LogP contribution in [0.4, 0.5) is 0 Å². The maximum Gasteiger partial charge on any atom is 0.287 e. The van der Waals surface area contributed by atoms with Gasteiger partial charge in [-0.2, -0.15) is 0 Å². The first-order chi connectivity index (χ1) is 9.03. The number of rotatable bonds is 7. The number of amides is 1. The first-order valence-corrected chi connectivity index (χ1v) is 7.08. The van der Waals surface area contributed by atoms with Crippen LogP contribution in [-0.2, 0) is 6.42 Å². The molecule has 1 unspecified atom stereocenters. The summed E-state index contributed by atoms with van der Waals surface area (Å²) in [7, 11) is 0. The van der Waals surface area contributed by atoms with Crippen molar-refractivity contribution in [1.29, 1.82) is 0 Å². The number of carbonyl (C=O) groups excluding carboxylic acids is 1. The lowest BCUT2D eigenvalue weighted by Crippen LogP contribution is -2.35. The van der Waals surface area contributed by atoms with Gasteiger partial charge in [0.15, 0.2) is 5.76 Å². The standard InChI is InChI=1S/C15H25NO3/c1-5-11(6-2)12(17)9-16-15(18)14-8-10(4)13(7-3)19-14/h8,11-12,17H,5-7,9H2,1-4H3,(H,16,18). The van der Waals surface area contributed by atoms with Crippen LogP contribution in [0.3, 0.4) is 0 Å². The highest BCUT2D eigenvalue weighted by atomic mass is 16.4. The molecule has 0 aliphatic heterocycles. The minimum Gasteiger partial charge on any atom is -0.456 e. The van der Waals surface area contributed by atoms with Crippen LogP contribution in [0, 0.1) is 12.8 Å².